The van der Waals surface area contributed by atoms with Crippen LogP contribution in [0.4, 0.5) is 4.39 Å². The first-order valence-electron chi connectivity index (χ1n) is 9.73. The summed E-state index contributed by atoms with van der Waals surface area (Å²) in [5, 5.41) is 3.48. The standard InChI is InChI=1S/C21H25FN4O2.ClH/c1-4-28-14-5-6-16(22)15(12-14)18-11-13(2)23-19(24-18)17-7-8-21(25-17)9-10-26(3)20(21)27;/h5-6,11-12,17,25H,4,7-10H2,1-3H3;1H/t17-,21+;/m1./s1. The number of aryl methyl sites for hydroxylation is 1. The third-order valence-electron chi connectivity index (χ3n) is 5.65. The number of ether oxygens (including phenoxy) is 1. The molecule has 0 aliphatic carbocycles. The fourth-order valence-electron chi connectivity index (χ4n) is 4.20. The van der Waals surface area contributed by atoms with Crippen LogP contribution in [-0.2, 0) is 4.79 Å². The van der Waals surface area contributed by atoms with Crippen LogP contribution in [-0.4, -0.2) is 46.5 Å². The lowest BCUT2D eigenvalue weighted by Crippen LogP contribution is -2.47. The second-order valence-corrected chi connectivity index (χ2v) is 7.62. The number of nitrogens with zero attached hydrogens (tertiary/aromatic N) is 3. The van der Waals surface area contributed by atoms with Gasteiger partial charge in [0.25, 0.3) is 0 Å². The highest BCUT2D eigenvalue weighted by molar-refractivity contribution is 5.88. The van der Waals surface area contributed by atoms with Gasteiger partial charge < -0.3 is 9.64 Å². The van der Waals surface area contributed by atoms with Crippen LogP contribution in [0.2, 0.25) is 0 Å². The summed E-state index contributed by atoms with van der Waals surface area (Å²) in [5.41, 5.74) is 1.17. The lowest BCUT2D eigenvalue weighted by atomic mass is 9.96. The van der Waals surface area contributed by atoms with Crippen molar-refractivity contribution in [3.63, 3.8) is 0 Å². The van der Waals surface area contributed by atoms with Gasteiger partial charge in [-0.15, -0.1) is 12.4 Å². The molecule has 1 spiro atoms. The number of rotatable bonds is 4. The number of carbonyl (C=O) groups is 1. The number of amides is 1. The highest BCUT2D eigenvalue weighted by Gasteiger charge is 2.50. The Morgan fingerprint density at radius 1 is 1.31 bits per heavy atom. The second kappa shape index (κ2) is 8.24. The Labute approximate surface area is 176 Å². The molecule has 29 heavy (non-hydrogen) atoms. The zero-order valence-electron chi connectivity index (χ0n) is 16.9. The van der Waals surface area contributed by atoms with E-state index in [0.717, 1.165) is 31.5 Å². The topological polar surface area (TPSA) is 67.3 Å². The molecule has 2 saturated heterocycles. The maximum atomic E-state index is 14.5. The molecule has 1 amide bonds. The molecule has 3 heterocycles. The fraction of sp³-hybridized carbons (Fsp3) is 0.476. The minimum Gasteiger partial charge on any atom is -0.494 e. The lowest BCUT2D eigenvalue weighted by molar-refractivity contribution is -0.131. The van der Waals surface area contributed by atoms with Crippen LogP contribution in [0.1, 0.15) is 43.7 Å². The summed E-state index contributed by atoms with van der Waals surface area (Å²) in [6.45, 7) is 5.03. The fourth-order valence-corrected chi connectivity index (χ4v) is 4.20. The predicted molar refractivity (Wildman–Crippen MR) is 111 cm³/mol. The van der Waals surface area contributed by atoms with Crippen molar-refractivity contribution in [2.45, 2.75) is 44.7 Å². The number of hydrogen-bond donors (Lipinski definition) is 1. The molecule has 156 valence electrons. The number of aromatic nitrogens is 2. The van der Waals surface area contributed by atoms with E-state index in [1.807, 2.05) is 20.9 Å². The van der Waals surface area contributed by atoms with Crippen molar-refractivity contribution in [3.8, 4) is 17.0 Å². The van der Waals surface area contributed by atoms with E-state index in [0.29, 0.717) is 29.4 Å². The maximum Gasteiger partial charge on any atom is 0.242 e. The van der Waals surface area contributed by atoms with E-state index in [9.17, 15) is 9.18 Å². The van der Waals surface area contributed by atoms with Gasteiger partial charge in [0.05, 0.1) is 18.3 Å². The molecule has 1 N–H and O–H groups in total. The van der Waals surface area contributed by atoms with Crippen molar-refractivity contribution >= 4 is 18.3 Å². The number of nitrogens with one attached hydrogen (secondary N) is 1. The molecule has 0 radical (unpaired) electrons. The Kier molecular flexibility index (Phi) is 6.10. The van der Waals surface area contributed by atoms with Crippen molar-refractivity contribution in [2.75, 3.05) is 20.2 Å². The highest BCUT2D eigenvalue weighted by Crippen LogP contribution is 2.38. The van der Waals surface area contributed by atoms with Crippen LogP contribution in [0.5, 0.6) is 5.75 Å². The molecule has 2 fully saturated rings. The number of halogens is 2. The van der Waals surface area contributed by atoms with Gasteiger partial charge in [-0.1, -0.05) is 0 Å². The van der Waals surface area contributed by atoms with E-state index in [1.54, 1.807) is 23.1 Å². The van der Waals surface area contributed by atoms with Crippen LogP contribution >= 0.6 is 12.4 Å². The third kappa shape index (κ3) is 3.94. The van der Waals surface area contributed by atoms with E-state index < -0.39 is 5.54 Å². The number of hydrogen-bond acceptors (Lipinski definition) is 5. The molecule has 2 aliphatic rings. The average molecular weight is 421 g/mol. The molecule has 0 unspecified atom stereocenters. The summed E-state index contributed by atoms with van der Waals surface area (Å²) >= 11 is 0. The monoisotopic (exact) mass is 420 g/mol. The molecule has 8 heteroatoms. The number of carbonyl (C=O) groups excluding carboxylic acids is 1. The van der Waals surface area contributed by atoms with E-state index >= 15 is 0 Å². The van der Waals surface area contributed by atoms with Crippen LogP contribution in [0.15, 0.2) is 24.3 Å². The first-order valence-corrected chi connectivity index (χ1v) is 9.73. The molecule has 1 aromatic heterocycles. The molecule has 0 bridgehead atoms. The highest BCUT2D eigenvalue weighted by atomic mass is 35.5. The summed E-state index contributed by atoms with van der Waals surface area (Å²) in [6.07, 6.45) is 2.34. The predicted octanol–water partition coefficient (Wildman–Crippen LogP) is 3.44. The maximum absolute atomic E-state index is 14.5. The van der Waals surface area contributed by atoms with Crippen molar-refractivity contribution in [1.29, 1.82) is 0 Å². The summed E-state index contributed by atoms with van der Waals surface area (Å²) in [6, 6.07) is 6.34. The molecule has 0 saturated carbocycles. The molecule has 4 rings (SSSR count). The SMILES string of the molecule is CCOc1ccc(F)c(-c2cc(C)nc([C@H]3CC[C@@]4(CCN(C)C4=O)N3)n2)c1.Cl. The minimum atomic E-state index is -0.507. The molecule has 2 atom stereocenters. The summed E-state index contributed by atoms with van der Waals surface area (Å²) in [5.74, 6) is 0.999. The Hall–Kier alpha value is -2.25. The second-order valence-electron chi connectivity index (χ2n) is 7.62. The van der Waals surface area contributed by atoms with Gasteiger partial charge in [-0.05, 0) is 57.4 Å². The summed E-state index contributed by atoms with van der Waals surface area (Å²) in [4.78, 5) is 23.6. The van der Waals surface area contributed by atoms with Crippen molar-refractivity contribution in [3.05, 3.63) is 41.6 Å². The summed E-state index contributed by atoms with van der Waals surface area (Å²) < 4.78 is 20.0. The molecular weight excluding hydrogens is 395 g/mol. The van der Waals surface area contributed by atoms with E-state index in [2.05, 4.69) is 15.3 Å². The lowest BCUT2D eigenvalue weighted by Gasteiger charge is -2.23. The van der Waals surface area contributed by atoms with Crippen LogP contribution < -0.4 is 10.1 Å². The Bertz CT molecular complexity index is 926. The minimum absolute atomic E-state index is 0. The van der Waals surface area contributed by atoms with Crippen LogP contribution in [0, 0.1) is 12.7 Å². The first-order chi connectivity index (χ1) is 13.4. The normalized spacial score (nSPS) is 23.5. The van der Waals surface area contributed by atoms with Crippen LogP contribution in [0.3, 0.4) is 0 Å². The van der Waals surface area contributed by atoms with Gasteiger partial charge in [-0.2, -0.15) is 0 Å². The van der Waals surface area contributed by atoms with E-state index in [4.69, 9.17) is 4.74 Å². The van der Waals surface area contributed by atoms with Gasteiger partial charge in [0.15, 0.2) is 0 Å². The molecule has 2 aliphatic heterocycles. The van der Waals surface area contributed by atoms with Crippen LogP contribution in [0.25, 0.3) is 11.3 Å². The van der Waals surface area contributed by atoms with Crippen molar-refractivity contribution < 1.29 is 13.9 Å². The van der Waals surface area contributed by atoms with Gasteiger partial charge in [0.2, 0.25) is 5.91 Å². The van der Waals surface area contributed by atoms with Crippen molar-refractivity contribution in [1.82, 2.24) is 20.2 Å². The quantitative estimate of drug-likeness (QED) is 0.820. The largest absolute Gasteiger partial charge is 0.494 e. The van der Waals surface area contributed by atoms with Gasteiger partial charge in [-0.25, -0.2) is 14.4 Å². The van der Waals surface area contributed by atoms with Crippen molar-refractivity contribution in [2.24, 2.45) is 0 Å². The van der Waals surface area contributed by atoms with Gasteiger partial charge >= 0.3 is 0 Å². The average Bonchev–Trinajstić information content (AvgIpc) is 3.23. The first kappa shape index (κ1) is 21.5. The van der Waals surface area contributed by atoms with Gasteiger partial charge in [0, 0.05) is 24.8 Å². The van der Waals surface area contributed by atoms with E-state index in [1.165, 1.54) is 6.07 Å². The molecule has 6 nitrogen and oxygen atoms in total. The zero-order chi connectivity index (χ0) is 19.9. The summed E-state index contributed by atoms with van der Waals surface area (Å²) in [7, 11) is 1.83. The van der Waals surface area contributed by atoms with Gasteiger partial charge in [0.1, 0.15) is 22.9 Å². The van der Waals surface area contributed by atoms with E-state index in [-0.39, 0.29) is 30.2 Å². The zero-order valence-corrected chi connectivity index (χ0v) is 17.7. The Balaban J connectivity index is 0.00000240. The number of benzene rings is 1. The molecular formula is C21H26ClFN4O2. The molecule has 2 aromatic rings. The molecule has 1 aromatic carbocycles. The van der Waals surface area contributed by atoms with Gasteiger partial charge in [-0.3, -0.25) is 10.1 Å². The Morgan fingerprint density at radius 3 is 2.79 bits per heavy atom. The number of likely N-dealkylation sites (tertiary alicyclic amines) is 1. The number of likely N-dealkylation sites (N-methyl/N-ethyl adjacent to an activating group) is 1. The smallest absolute Gasteiger partial charge is 0.242 e. The third-order valence-corrected chi connectivity index (χ3v) is 5.65. The Morgan fingerprint density at radius 2 is 2.10 bits per heavy atom.